The zero-order valence-corrected chi connectivity index (χ0v) is 7.72. The molecule has 1 aromatic rings. The molecule has 12 heavy (non-hydrogen) atoms. The minimum atomic E-state index is 0.752. The van der Waals surface area contributed by atoms with E-state index >= 15 is 0 Å². The molecule has 1 aliphatic rings. The molecule has 2 heteroatoms. The van der Waals surface area contributed by atoms with E-state index in [1.54, 1.807) is 0 Å². The molecule has 0 aromatic heterocycles. The van der Waals surface area contributed by atoms with Crippen LogP contribution in [0.5, 0.6) is 0 Å². The topological polar surface area (TPSA) is 16.6 Å². The average molecular weight is 183 g/mol. The Kier molecular flexibility index (Phi) is 2.33. The van der Waals surface area contributed by atoms with Crippen LogP contribution >= 0.6 is 11.6 Å². The predicted octanol–water partition coefficient (Wildman–Crippen LogP) is 1.39. The van der Waals surface area contributed by atoms with Crippen LogP contribution in [0.3, 0.4) is 0 Å². The zero-order valence-electron chi connectivity index (χ0n) is 6.96. The van der Waals surface area contributed by atoms with Crippen molar-refractivity contribution >= 4 is 11.6 Å². The van der Waals surface area contributed by atoms with Gasteiger partial charge in [0.2, 0.25) is 0 Å². The Bertz CT molecular complexity index is 249. The molecule has 64 valence electrons. The third-order valence-corrected chi connectivity index (χ3v) is 2.76. The van der Waals surface area contributed by atoms with Gasteiger partial charge in [0.25, 0.3) is 0 Å². The first-order valence-electron chi connectivity index (χ1n) is 4.43. The van der Waals surface area contributed by atoms with Gasteiger partial charge in [-0.2, -0.15) is 0 Å². The van der Waals surface area contributed by atoms with Gasteiger partial charge in [-0.3, -0.25) is 0 Å². The van der Waals surface area contributed by atoms with Gasteiger partial charge in [0.15, 0.2) is 0 Å². The Labute approximate surface area is 77.7 Å². The molecule has 0 aliphatic carbocycles. The fourth-order valence-electron chi connectivity index (χ4n) is 1.79. The van der Waals surface area contributed by atoms with Gasteiger partial charge < -0.3 is 5.32 Å². The van der Waals surface area contributed by atoms with Crippen LogP contribution in [0.2, 0.25) is 5.02 Å². The molecule has 1 aromatic carbocycles. The number of hydrogen-bond acceptors (Lipinski definition) is 0. The van der Waals surface area contributed by atoms with Crippen molar-refractivity contribution in [1.29, 1.82) is 0 Å². The summed E-state index contributed by atoms with van der Waals surface area (Å²) in [5.41, 5.74) is 1.44. The summed E-state index contributed by atoms with van der Waals surface area (Å²) in [7, 11) is 0. The Morgan fingerprint density at radius 2 is 2.00 bits per heavy atom. The van der Waals surface area contributed by atoms with Crippen LogP contribution in [-0.4, -0.2) is 13.1 Å². The first-order valence-corrected chi connectivity index (χ1v) is 4.81. The van der Waals surface area contributed by atoms with Gasteiger partial charge in [-0.1, -0.05) is 23.7 Å². The van der Waals surface area contributed by atoms with Crippen molar-refractivity contribution in [1.82, 2.24) is 0 Å². The lowest BCUT2D eigenvalue weighted by atomic mass is 9.99. The highest BCUT2D eigenvalue weighted by Crippen LogP contribution is 2.21. The largest absolute Gasteiger partial charge is 0.346 e. The fourth-order valence-corrected chi connectivity index (χ4v) is 1.92. The van der Waals surface area contributed by atoms with Gasteiger partial charge in [0, 0.05) is 17.4 Å². The van der Waals surface area contributed by atoms with Gasteiger partial charge in [-0.25, -0.2) is 0 Å². The molecule has 0 spiro atoms. The van der Waals surface area contributed by atoms with E-state index in [4.69, 9.17) is 11.6 Å². The molecule has 2 rings (SSSR count). The minimum Gasteiger partial charge on any atom is -0.346 e. The molecule has 0 radical (unpaired) electrons. The van der Waals surface area contributed by atoms with Crippen molar-refractivity contribution in [3.8, 4) is 0 Å². The highest BCUT2D eigenvalue weighted by molar-refractivity contribution is 6.30. The molecule has 0 saturated carbocycles. The number of nitrogens with two attached hydrogens (primary N) is 1. The highest BCUT2D eigenvalue weighted by atomic mass is 35.5. The first-order chi connectivity index (χ1) is 5.86. The third kappa shape index (κ3) is 1.62. The number of hydrogen-bond donors (Lipinski definition) is 1. The van der Waals surface area contributed by atoms with E-state index in [-0.39, 0.29) is 0 Å². The Hall–Kier alpha value is -0.530. The Morgan fingerprint density at radius 3 is 2.58 bits per heavy atom. The molecular formula is C10H13ClN+. The Balaban J connectivity index is 2.17. The predicted molar refractivity (Wildman–Crippen MR) is 50.5 cm³/mol. The first kappa shape index (κ1) is 8.09. The molecule has 1 atom stereocenters. The number of halogens is 1. The molecule has 0 amide bonds. The van der Waals surface area contributed by atoms with E-state index in [0.717, 1.165) is 10.9 Å². The second kappa shape index (κ2) is 3.46. The summed E-state index contributed by atoms with van der Waals surface area (Å²) in [6, 6.07) is 8.25. The van der Waals surface area contributed by atoms with Crippen molar-refractivity contribution in [2.75, 3.05) is 13.1 Å². The van der Waals surface area contributed by atoms with Gasteiger partial charge in [0.1, 0.15) is 0 Å². The van der Waals surface area contributed by atoms with Crippen LogP contribution < -0.4 is 5.32 Å². The smallest absolute Gasteiger partial charge is 0.0827 e. The van der Waals surface area contributed by atoms with E-state index in [0.29, 0.717) is 0 Å². The molecule has 1 fully saturated rings. The lowest BCUT2D eigenvalue weighted by Crippen LogP contribution is -2.81. The van der Waals surface area contributed by atoms with E-state index in [9.17, 15) is 0 Å². The summed E-state index contributed by atoms with van der Waals surface area (Å²) in [6.45, 7) is 2.51. The summed E-state index contributed by atoms with van der Waals surface area (Å²) in [5.74, 6) is 0.752. The second-order valence-corrected chi connectivity index (χ2v) is 3.79. The van der Waals surface area contributed by atoms with Gasteiger partial charge in [-0.05, 0) is 17.7 Å². The summed E-state index contributed by atoms with van der Waals surface area (Å²) >= 11 is 5.81. The quantitative estimate of drug-likeness (QED) is 0.676. The molecule has 1 nitrogen and oxygen atoms in total. The van der Waals surface area contributed by atoms with Crippen LogP contribution in [0.15, 0.2) is 24.3 Å². The second-order valence-electron chi connectivity index (χ2n) is 3.35. The third-order valence-electron chi connectivity index (χ3n) is 2.51. The van der Waals surface area contributed by atoms with Gasteiger partial charge in [0.05, 0.1) is 13.1 Å². The number of benzene rings is 1. The molecule has 0 bridgehead atoms. The van der Waals surface area contributed by atoms with Crippen molar-refractivity contribution in [2.24, 2.45) is 0 Å². The maximum Gasteiger partial charge on any atom is 0.0827 e. The van der Waals surface area contributed by atoms with E-state index in [2.05, 4.69) is 17.4 Å². The van der Waals surface area contributed by atoms with Crippen LogP contribution in [0.25, 0.3) is 0 Å². The van der Waals surface area contributed by atoms with E-state index in [1.165, 1.54) is 25.1 Å². The molecular weight excluding hydrogens is 170 g/mol. The lowest BCUT2D eigenvalue weighted by Gasteiger charge is -2.05. The van der Waals surface area contributed by atoms with E-state index < -0.39 is 0 Å². The molecule has 2 N–H and O–H groups in total. The Morgan fingerprint density at radius 1 is 1.25 bits per heavy atom. The summed E-state index contributed by atoms with van der Waals surface area (Å²) in [5, 5.41) is 3.21. The van der Waals surface area contributed by atoms with Gasteiger partial charge >= 0.3 is 0 Å². The van der Waals surface area contributed by atoms with Crippen LogP contribution in [0.1, 0.15) is 17.9 Å². The number of quaternary nitrogens is 1. The van der Waals surface area contributed by atoms with Crippen molar-refractivity contribution in [3.05, 3.63) is 34.9 Å². The van der Waals surface area contributed by atoms with Gasteiger partial charge in [-0.15, -0.1) is 0 Å². The minimum absolute atomic E-state index is 0.752. The monoisotopic (exact) mass is 182 g/mol. The SMILES string of the molecule is Clc1ccc([C@@H]2CC[NH2+]C2)cc1. The molecule has 1 heterocycles. The zero-order chi connectivity index (χ0) is 8.39. The maximum atomic E-state index is 5.81. The normalized spacial score (nSPS) is 22.9. The van der Waals surface area contributed by atoms with Crippen LogP contribution in [-0.2, 0) is 0 Å². The molecule has 0 unspecified atom stereocenters. The van der Waals surface area contributed by atoms with Crippen LogP contribution in [0, 0.1) is 0 Å². The van der Waals surface area contributed by atoms with Crippen molar-refractivity contribution in [2.45, 2.75) is 12.3 Å². The standard InChI is InChI=1S/C10H12ClN/c11-10-3-1-8(2-4-10)9-5-6-12-7-9/h1-4,9,12H,5-7H2/p+1/t9-/m1/s1. The highest BCUT2D eigenvalue weighted by Gasteiger charge is 2.19. The molecule has 1 saturated heterocycles. The van der Waals surface area contributed by atoms with Crippen molar-refractivity contribution in [3.63, 3.8) is 0 Å². The maximum absolute atomic E-state index is 5.81. The molecule has 1 aliphatic heterocycles. The fraction of sp³-hybridized carbons (Fsp3) is 0.400. The summed E-state index contributed by atoms with van der Waals surface area (Å²) in [6.07, 6.45) is 1.31. The summed E-state index contributed by atoms with van der Waals surface area (Å²) in [4.78, 5) is 0. The summed E-state index contributed by atoms with van der Waals surface area (Å²) < 4.78 is 0. The lowest BCUT2D eigenvalue weighted by molar-refractivity contribution is -0.636. The van der Waals surface area contributed by atoms with Crippen LogP contribution in [0.4, 0.5) is 0 Å². The van der Waals surface area contributed by atoms with Crippen molar-refractivity contribution < 1.29 is 5.32 Å². The van der Waals surface area contributed by atoms with E-state index in [1.807, 2.05) is 12.1 Å². The average Bonchev–Trinajstić information content (AvgIpc) is 2.58. The number of rotatable bonds is 1.